The molecule has 0 unspecified atom stereocenters. The van der Waals surface area contributed by atoms with Gasteiger partial charge in [0.1, 0.15) is 17.6 Å². The van der Waals surface area contributed by atoms with Crippen LogP contribution in [0.4, 0.5) is 4.39 Å². The minimum atomic E-state index is -0.703. The first kappa shape index (κ1) is 27.1. The van der Waals surface area contributed by atoms with Crippen molar-refractivity contribution in [3.8, 4) is 11.5 Å². The molecule has 5 aromatic rings. The Morgan fingerprint density at radius 2 is 1.77 bits per heavy atom. The monoisotopic (exact) mass is 546 g/mol. The van der Waals surface area contributed by atoms with E-state index in [1.165, 1.54) is 12.1 Å². The lowest BCUT2D eigenvalue weighted by Crippen LogP contribution is -2.37. The Labute approximate surface area is 230 Å². The number of tetrazole rings is 1. The number of aromatic nitrogens is 5. The molecule has 0 aliphatic rings. The molecule has 3 aromatic heterocycles. The molecule has 0 amide bonds. The van der Waals surface area contributed by atoms with Crippen LogP contribution in [0.25, 0.3) is 10.9 Å². The predicted octanol–water partition coefficient (Wildman–Crippen LogP) is 4.81. The van der Waals surface area contributed by atoms with Crippen LogP contribution >= 0.6 is 0 Å². The lowest BCUT2D eigenvalue weighted by atomic mass is 10.0. The van der Waals surface area contributed by atoms with Crippen molar-refractivity contribution in [3.05, 3.63) is 99.7 Å². The minimum absolute atomic E-state index is 0.309. The summed E-state index contributed by atoms with van der Waals surface area (Å²) in [5.41, 5.74) is 1.07. The molecule has 1 N–H and O–H groups in total. The van der Waals surface area contributed by atoms with Crippen LogP contribution in [0, 0.1) is 5.82 Å². The van der Waals surface area contributed by atoms with Gasteiger partial charge in [0.2, 0.25) is 0 Å². The van der Waals surface area contributed by atoms with E-state index in [-0.39, 0.29) is 11.4 Å². The van der Waals surface area contributed by atoms with Crippen LogP contribution < -0.4 is 15.0 Å². The third-order valence-corrected chi connectivity index (χ3v) is 6.65. The Hall–Kier alpha value is -4.51. The van der Waals surface area contributed by atoms with Gasteiger partial charge in [-0.2, -0.15) is 0 Å². The topological polar surface area (TPSA) is 111 Å². The van der Waals surface area contributed by atoms with Gasteiger partial charge in [0, 0.05) is 23.6 Å². The summed E-state index contributed by atoms with van der Waals surface area (Å²) in [6.07, 6.45) is 1.60. The number of hydrogen-bond donors (Lipinski definition) is 1. The zero-order chi connectivity index (χ0) is 28.4. The summed E-state index contributed by atoms with van der Waals surface area (Å²) in [5.74, 6) is 1.87. The molecule has 0 saturated heterocycles. The lowest BCUT2D eigenvalue weighted by Gasteiger charge is -2.32. The Kier molecular flexibility index (Phi) is 7.40. The molecule has 40 heavy (non-hydrogen) atoms. The van der Waals surface area contributed by atoms with Crippen LogP contribution in [0.15, 0.2) is 70.1 Å². The molecular formula is C29H31FN6O4. The highest BCUT2D eigenvalue weighted by molar-refractivity contribution is 5.83. The van der Waals surface area contributed by atoms with Gasteiger partial charge in [0.15, 0.2) is 17.3 Å². The summed E-state index contributed by atoms with van der Waals surface area (Å²) in [5, 5.41) is 13.4. The van der Waals surface area contributed by atoms with Crippen molar-refractivity contribution in [2.24, 2.45) is 0 Å². The first-order valence-corrected chi connectivity index (χ1v) is 12.8. The van der Waals surface area contributed by atoms with Crippen LogP contribution in [0.1, 0.15) is 49.5 Å². The van der Waals surface area contributed by atoms with Crippen molar-refractivity contribution in [2.45, 2.75) is 45.4 Å². The van der Waals surface area contributed by atoms with E-state index in [0.29, 0.717) is 47.3 Å². The maximum Gasteiger partial charge on any atom is 0.253 e. The molecule has 2 aromatic carbocycles. The fraction of sp³-hybridized carbons (Fsp3) is 0.310. The predicted molar refractivity (Wildman–Crippen MR) is 147 cm³/mol. The molecule has 0 fully saturated rings. The van der Waals surface area contributed by atoms with Gasteiger partial charge in [-0.15, -0.1) is 5.10 Å². The molecule has 0 aliphatic heterocycles. The number of fused-ring (bicyclic) bond motifs is 1. The fourth-order valence-electron chi connectivity index (χ4n) is 4.76. The van der Waals surface area contributed by atoms with Gasteiger partial charge in [0.05, 0.1) is 38.1 Å². The van der Waals surface area contributed by atoms with Gasteiger partial charge in [0.25, 0.3) is 5.56 Å². The maximum atomic E-state index is 13.8. The van der Waals surface area contributed by atoms with E-state index in [2.05, 4.69) is 20.5 Å². The molecular weight excluding hydrogens is 515 g/mol. The number of H-pyrrole nitrogens is 1. The van der Waals surface area contributed by atoms with Crippen LogP contribution in [-0.2, 0) is 18.6 Å². The quantitative estimate of drug-likeness (QED) is 0.280. The molecule has 5 rings (SSSR count). The van der Waals surface area contributed by atoms with E-state index in [4.69, 9.17) is 13.9 Å². The summed E-state index contributed by atoms with van der Waals surface area (Å²) >= 11 is 0. The number of benzene rings is 2. The first-order chi connectivity index (χ1) is 19.2. The zero-order valence-electron chi connectivity index (χ0n) is 23.0. The fourth-order valence-corrected chi connectivity index (χ4v) is 4.76. The number of hydrogen-bond acceptors (Lipinski definition) is 8. The smallest absolute Gasteiger partial charge is 0.253 e. The first-order valence-electron chi connectivity index (χ1n) is 12.8. The minimum Gasteiger partial charge on any atom is -0.493 e. The second-order valence-electron chi connectivity index (χ2n) is 10.5. The average molecular weight is 547 g/mol. The molecule has 10 nitrogen and oxygen atoms in total. The molecule has 0 radical (unpaired) electrons. The summed E-state index contributed by atoms with van der Waals surface area (Å²) in [4.78, 5) is 18.8. The van der Waals surface area contributed by atoms with Gasteiger partial charge in [-0.05, 0) is 73.2 Å². The van der Waals surface area contributed by atoms with E-state index in [1.54, 1.807) is 43.4 Å². The zero-order valence-corrected chi connectivity index (χ0v) is 23.0. The number of aromatic amines is 1. The van der Waals surface area contributed by atoms with Crippen molar-refractivity contribution >= 4 is 10.9 Å². The number of nitrogens with zero attached hydrogens (tertiary/aromatic N) is 5. The van der Waals surface area contributed by atoms with Crippen molar-refractivity contribution in [1.82, 2.24) is 30.1 Å². The number of rotatable bonds is 9. The molecule has 0 spiro atoms. The van der Waals surface area contributed by atoms with E-state index in [0.717, 1.165) is 10.9 Å². The summed E-state index contributed by atoms with van der Waals surface area (Å²) in [7, 11) is 3.10. The Balaban J connectivity index is 1.73. The summed E-state index contributed by atoms with van der Waals surface area (Å²) < 4.78 is 32.1. The number of methoxy groups -OCH3 is 2. The largest absolute Gasteiger partial charge is 0.493 e. The number of furan rings is 1. The molecule has 1 atom stereocenters. The van der Waals surface area contributed by atoms with E-state index >= 15 is 0 Å². The van der Waals surface area contributed by atoms with Crippen LogP contribution in [0.3, 0.4) is 0 Å². The van der Waals surface area contributed by atoms with Crippen LogP contribution in [0.5, 0.6) is 11.5 Å². The van der Waals surface area contributed by atoms with Crippen molar-refractivity contribution in [3.63, 3.8) is 0 Å². The highest BCUT2D eigenvalue weighted by atomic mass is 19.1. The average Bonchev–Trinajstić information content (AvgIpc) is 3.62. The van der Waals surface area contributed by atoms with Crippen molar-refractivity contribution < 1.29 is 18.3 Å². The van der Waals surface area contributed by atoms with Crippen molar-refractivity contribution in [2.75, 3.05) is 14.2 Å². The third-order valence-electron chi connectivity index (χ3n) is 6.65. The standard InChI is InChI=1S/C29H31FN6O4/c1-29(2,3)36-27(32-33-34-36)26(22-13-19-14-24(38-4)25(39-5)15-23(19)31-28(22)37)35(17-21-7-6-12-40-21)16-18-8-10-20(30)11-9-18/h6-15,26H,16-17H2,1-5H3,(H,31,37)/t26-/m0/s1. The summed E-state index contributed by atoms with van der Waals surface area (Å²) in [6.45, 7) is 6.65. The van der Waals surface area contributed by atoms with E-state index in [9.17, 15) is 9.18 Å². The molecule has 208 valence electrons. The molecule has 3 heterocycles. The lowest BCUT2D eigenvalue weighted by molar-refractivity contribution is 0.171. The number of ether oxygens (including phenoxy) is 2. The highest BCUT2D eigenvalue weighted by Gasteiger charge is 2.34. The molecule has 0 aliphatic carbocycles. The third kappa shape index (κ3) is 5.46. The van der Waals surface area contributed by atoms with Gasteiger partial charge in [-0.3, -0.25) is 9.69 Å². The van der Waals surface area contributed by atoms with Crippen molar-refractivity contribution in [1.29, 1.82) is 0 Å². The second-order valence-corrected chi connectivity index (χ2v) is 10.5. The Morgan fingerprint density at radius 1 is 1.05 bits per heavy atom. The highest BCUT2D eigenvalue weighted by Crippen LogP contribution is 2.35. The van der Waals surface area contributed by atoms with Gasteiger partial charge in [-0.1, -0.05) is 12.1 Å². The van der Waals surface area contributed by atoms with Crippen LogP contribution in [0.2, 0.25) is 0 Å². The molecule has 11 heteroatoms. The van der Waals surface area contributed by atoms with Gasteiger partial charge >= 0.3 is 0 Å². The summed E-state index contributed by atoms with van der Waals surface area (Å²) in [6, 6.07) is 14.6. The number of pyridine rings is 1. The normalized spacial score (nSPS) is 12.7. The SMILES string of the molecule is COc1cc2cc([C@@H](c3nnnn3C(C)(C)C)N(Cc3ccc(F)cc3)Cc3ccco3)c(=O)[nH]c2cc1OC. The molecule has 0 bridgehead atoms. The maximum absolute atomic E-state index is 13.8. The van der Waals surface area contributed by atoms with Gasteiger partial charge in [-0.25, -0.2) is 9.07 Å². The Bertz CT molecular complexity index is 1660. The number of nitrogens with one attached hydrogen (secondary N) is 1. The van der Waals surface area contributed by atoms with Gasteiger partial charge < -0.3 is 18.9 Å². The number of halogens is 1. The van der Waals surface area contributed by atoms with Crippen LogP contribution in [-0.4, -0.2) is 44.3 Å². The second kappa shape index (κ2) is 10.9. The molecule has 0 saturated carbocycles. The van der Waals surface area contributed by atoms with E-state index < -0.39 is 11.6 Å². The van der Waals surface area contributed by atoms with E-state index in [1.807, 2.05) is 49.9 Å². The Morgan fingerprint density at radius 3 is 2.42 bits per heavy atom.